The van der Waals surface area contributed by atoms with E-state index in [-0.39, 0.29) is 0 Å². The van der Waals surface area contributed by atoms with E-state index in [1.54, 1.807) is 0 Å². The maximum atomic E-state index is 11.7. The number of ether oxygens (including phenoxy) is 1. The lowest BCUT2D eigenvalue weighted by molar-refractivity contribution is 0.0636. The molecule has 4 nitrogen and oxygen atoms in total. The Morgan fingerprint density at radius 2 is 1.65 bits per heavy atom. The fourth-order valence-electron chi connectivity index (χ4n) is 2.99. The molecule has 0 aliphatic heterocycles. The number of carbonyl (C=O) groups excluding carboxylic acids is 1. The third kappa shape index (κ3) is 5.77. The smallest absolute Gasteiger partial charge is 0.412 e. The lowest BCUT2D eigenvalue weighted by Crippen LogP contribution is -2.30. The van der Waals surface area contributed by atoms with Crippen molar-refractivity contribution in [3.63, 3.8) is 0 Å². The number of rotatable bonds is 3. The molecule has 1 aliphatic rings. The van der Waals surface area contributed by atoms with Gasteiger partial charge in [0.15, 0.2) is 0 Å². The number of carbonyl (C=O) groups is 1. The van der Waals surface area contributed by atoms with E-state index in [0.29, 0.717) is 6.04 Å². The molecule has 0 aromatic heterocycles. The van der Waals surface area contributed by atoms with Crippen LogP contribution in [0.1, 0.15) is 53.9 Å². The minimum atomic E-state index is -0.486. The lowest BCUT2D eigenvalue weighted by Gasteiger charge is -2.33. The zero-order chi connectivity index (χ0) is 17.0. The van der Waals surface area contributed by atoms with E-state index in [9.17, 15) is 4.79 Å². The van der Waals surface area contributed by atoms with Gasteiger partial charge in [-0.3, -0.25) is 5.32 Å². The Morgan fingerprint density at radius 1 is 1.04 bits per heavy atom. The molecule has 3 atom stereocenters. The summed E-state index contributed by atoms with van der Waals surface area (Å²) in [5.41, 5.74) is 1.36. The van der Waals surface area contributed by atoms with Crippen molar-refractivity contribution in [2.45, 2.75) is 65.5 Å². The molecule has 1 fully saturated rings. The van der Waals surface area contributed by atoms with Crippen molar-refractivity contribution in [3.05, 3.63) is 24.3 Å². The Morgan fingerprint density at radius 3 is 2.22 bits per heavy atom. The van der Waals surface area contributed by atoms with Crippen LogP contribution in [0.2, 0.25) is 0 Å². The summed E-state index contributed by atoms with van der Waals surface area (Å²) in [6.07, 6.45) is 3.31. The van der Waals surface area contributed by atoms with Gasteiger partial charge in [-0.05, 0) is 76.1 Å². The van der Waals surface area contributed by atoms with Gasteiger partial charge in [0.25, 0.3) is 0 Å². The third-order valence-corrected chi connectivity index (χ3v) is 4.50. The van der Waals surface area contributed by atoms with E-state index in [1.165, 1.54) is 19.3 Å². The molecule has 1 aromatic rings. The highest BCUT2D eigenvalue weighted by Crippen LogP contribution is 2.31. The molecule has 0 spiro atoms. The van der Waals surface area contributed by atoms with Gasteiger partial charge in [-0.1, -0.05) is 13.8 Å². The quantitative estimate of drug-likeness (QED) is 0.798. The van der Waals surface area contributed by atoms with Gasteiger partial charge < -0.3 is 10.1 Å². The number of nitrogens with one attached hydrogen (secondary N) is 2. The van der Waals surface area contributed by atoms with Crippen LogP contribution in [0.15, 0.2) is 24.3 Å². The molecule has 128 valence electrons. The van der Waals surface area contributed by atoms with Gasteiger partial charge in [0.05, 0.1) is 0 Å². The maximum Gasteiger partial charge on any atom is 0.412 e. The highest BCUT2D eigenvalue weighted by atomic mass is 16.6. The first-order chi connectivity index (χ1) is 10.7. The molecule has 1 saturated carbocycles. The lowest BCUT2D eigenvalue weighted by atomic mass is 9.79. The summed E-state index contributed by atoms with van der Waals surface area (Å²) < 4.78 is 5.25. The van der Waals surface area contributed by atoms with Crippen molar-refractivity contribution in [2.24, 2.45) is 11.8 Å². The minimum Gasteiger partial charge on any atom is -0.444 e. The minimum absolute atomic E-state index is 0.423. The Kier molecular flexibility index (Phi) is 5.55. The summed E-state index contributed by atoms with van der Waals surface area (Å²) in [4.78, 5) is 11.7. The van der Waals surface area contributed by atoms with Gasteiger partial charge in [-0.2, -0.15) is 0 Å². The number of hydrogen-bond acceptors (Lipinski definition) is 3. The summed E-state index contributed by atoms with van der Waals surface area (Å²) in [5.74, 6) is 1.60. The Bertz CT molecular complexity index is 519. The first kappa shape index (κ1) is 17.6. The predicted octanol–water partition coefficient (Wildman–Crippen LogP) is 5.27. The third-order valence-electron chi connectivity index (χ3n) is 4.50. The Balaban J connectivity index is 1.86. The molecule has 3 unspecified atom stereocenters. The van der Waals surface area contributed by atoms with Crippen LogP contribution in [0.4, 0.5) is 16.2 Å². The van der Waals surface area contributed by atoms with E-state index in [1.807, 2.05) is 45.0 Å². The molecule has 0 heterocycles. The molecule has 23 heavy (non-hydrogen) atoms. The van der Waals surface area contributed by atoms with Crippen LogP contribution >= 0.6 is 0 Å². The van der Waals surface area contributed by atoms with Gasteiger partial charge in [0.1, 0.15) is 5.60 Å². The fraction of sp³-hybridized carbons (Fsp3) is 0.632. The standard InChI is InChI=1S/C19H30N2O2/c1-13-6-7-17(12-14(13)2)20-15-8-10-16(11-9-15)21-18(22)23-19(3,4)5/h8-11,13-14,17,20H,6-7,12H2,1-5H3,(H,21,22). The molecule has 1 amide bonds. The first-order valence-corrected chi connectivity index (χ1v) is 8.59. The van der Waals surface area contributed by atoms with Crippen molar-refractivity contribution < 1.29 is 9.53 Å². The highest BCUT2D eigenvalue weighted by Gasteiger charge is 2.24. The number of hydrogen-bond donors (Lipinski definition) is 2. The van der Waals surface area contributed by atoms with Crippen LogP contribution in [-0.2, 0) is 4.74 Å². The average Bonchev–Trinajstić information content (AvgIpc) is 2.43. The van der Waals surface area contributed by atoms with E-state index in [2.05, 4.69) is 24.5 Å². The van der Waals surface area contributed by atoms with Crippen LogP contribution in [-0.4, -0.2) is 17.7 Å². The maximum absolute atomic E-state index is 11.7. The van der Waals surface area contributed by atoms with E-state index >= 15 is 0 Å². The topological polar surface area (TPSA) is 50.4 Å². The molecule has 2 N–H and O–H groups in total. The molecule has 1 aliphatic carbocycles. The van der Waals surface area contributed by atoms with Crippen molar-refractivity contribution >= 4 is 17.5 Å². The Hall–Kier alpha value is -1.71. The van der Waals surface area contributed by atoms with Crippen molar-refractivity contribution in [1.29, 1.82) is 0 Å². The van der Waals surface area contributed by atoms with Crippen LogP contribution in [0.3, 0.4) is 0 Å². The molecule has 4 heteroatoms. The molecule has 2 rings (SSSR count). The monoisotopic (exact) mass is 318 g/mol. The zero-order valence-electron chi connectivity index (χ0n) is 15.0. The van der Waals surface area contributed by atoms with Crippen LogP contribution in [0, 0.1) is 11.8 Å². The molecule has 0 radical (unpaired) electrons. The van der Waals surface area contributed by atoms with Gasteiger partial charge in [-0.25, -0.2) is 4.79 Å². The van der Waals surface area contributed by atoms with Crippen molar-refractivity contribution in [2.75, 3.05) is 10.6 Å². The molecule has 0 saturated heterocycles. The van der Waals surface area contributed by atoms with Gasteiger partial charge in [0.2, 0.25) is 0 Å². The molecular formula is C19H30N2O2. The van der Waals surface area contributed by atoms with Crippen molar-refractivity contribution in [3.8, 4) is 0 Å². The molecular weight excluding hydrogens is 288 g/mol. The largest absolute Gasteiger partial charge is 0.444 e. The van der Waals surface area contributed by atoms with Crippen LogP contribution in [0.5, 0.6) is 0 Å². The number of benzene rings is 1. The number of amides is 1. The molecule has 1 aromatic carbocycles. The van der Waals surface area contributed by atoms with Gasteiger partial charge in [0, 0.05) is 17.4 Å². The summed E-state index contributed by atoms with van der Waals surface area (Å²) >= 11 is 0. The Labute approximate surface area is 140 Å². The normalized spacial score (nSPS) is 24.8. The predicted molar refractivity (Wildman–Crippen MR) is 95.9 cm³/mol. The fourth-order valence-corrected chi connectivity index (χ4v) is 2.99. The number of anilines is 2. The van der Waals surface area contributed by atoms with Crippen LogP contribution in [0.25, 0.3) is 0 Å². The SMILES string of the molecule is CC1CCC(Nc2ccc(NC(=O)OC(C)(C)C)cc2)CC1C. The second-order valence-corrected chi connectivity index (χ2v) is 7.81. The van der Waals surface area contributed by atoms with Gasteiger partial charge in [-0.15, -0.1) is 0 Å². The van der Waals surface area contributed by atoms with E-state index in [4.69, 9.17) is 4.74 Å². The highest BCUT2D eigenvalue weighted by molar-refractivity contribution is 5.85. The zero-order valence-corrected chi connectivity index (χ0v) is 15.0. The summed E-state index contributed by atoms with van der Waals surface area (Å²) in [7, 11) is 0. The second kappa shape index (κ2) is 7.24. The summed E-state index contributed by atoms with van der Waals surface area (Å²) in [5, 5.41) is 6.36. The molecule has 0 bridgehead atoms. The van der Waals surface area contributed by atoms with Crippen molar-refractivity contribution in [1.82, 2.24) is 0 Å². The van der Waals surface area contributed by atoms with Gasteiger partial charge >= 0.3 is 6.09 Å². The second-order valence-electron chi connectivity index (χ2n) is 7.81. The first-order valence-electron chi connectivity index (χ1n) is 8.59. The van der Waals surface area contributed by atoms with E-state index in [0.717, 1.165) is 23.2 Å². The summed E-state index contributed by atoms with van der Waals surface area (Å²) in [6, 6.07) is 8.37. The van der Waals surface area contributed by atoms with Crippen LogP contribution < -0.4 is 10.6 Å². The van der Waals surface area contributed by atoms with E-state index < -0.39 is 11.7 Å². The summed E-state index contributed by atoms with van der Waals surface area (Å²) in [6.45, 7) is 10.2. The average molecular weight is 318 g/mol.